The van der Waals surface area contributed by atoms with Crippen LogP contribution >= 0.6 is 15.2 Å². The van der Waals surface area contributed by atoms with Crippen molar-refractivity contribution in [1.82, 2.24) is 0 Å². The van der Waals surface area contributed by atoms with E-state index in [2.05, 4.69) is 10.0 Å². The zero-order chi connectivity index (χ0) is 40.1. The summed E-state index contributed by atoms with van der Waals surface area (Å²) in [6.45, 7) is 13.7. The lowest BCUT2D eigenvalue weighted by Gasteiger charge is -2.27. The second-order valence-electron chi connectivity index (χ2n) is 13.7. The largest absolute Gasteiger partial charge is 0.459 e. The molecule has 0 spiro atoms. The molecule has 2 saturated heterocycles. The average molecular weight is 798 g/mol. The van der Waals surface area contributed by atoms with Gasteiger partial charge in [0.25, 0.3) is 0 Å². The molecule has 300 valence electrons. The van der Waals surface area contributed by atoms with E-state index in [0.29, 0.717) is 11.1 Å². The summed E-state index contributed by atoms with van der Waals surface area (Å²) in [6, 6.07) is 16.4. The quantitative estimate of drug-likeness (QED) is 0.0528. The smallest absolute Gasteiger partial charge is 0.359 e. The molecule has 0 aliphatic carbocycles. The van der Waals surface area contributed by atoms with E-state index in [1.165, 1.54) is 0 Å². The Labute approximate surface area is 316 Å². The molecular weight excluding hydrogens is 744 g/mol. The van der Waals surface area contributed by atoms with Crippen LogP contribution in [0.1, 0.15) is 88.9 Å². The number of aliphatic hydroxyl groups excluding tert-OH is 1. The number of carbonyl (C=O) groups excluding carboxylic acids is 2. The number of benzene rings is 2. The van der Waals surface area contributed by atoms with Crippen molar-refractivity contribution in [2.45, 2.75) is 129 Å². The predicted octanol–water partition coefficient (Wildman–Crippen LogP) is 8.04. The highest BCUT2D eigenvalue weighted by atomic mass is 31.2. The molecule has 2 heterocycles. The van der Waals surface area contributed by atoms with E-state index in [1.54, 1.807) is 116 Å². The molecule has 2 aromatic carbocycles. The Hall–Kier alpha value is -3.13. The molecule has 0 radical (unpaired) electrons. The normalized spacial score (nSPS) is 22.9. The molecule has 1 N–H and O–H groups in total. The SMILES string of the molecule is CC(C)OP(=O)(OC(C)C)[C@H]1C[C@@H](N=[N+]=[N-])[C@@H](COC(=O)c2ccccc2)O1.CC(C)OP(=O)(OC(C)C)[C@H]1C[C@H](O)[C@@H](COC(=O)c2ccccc2)O1. The minimum absolute atomic E-state index is 0.0876. The maximum absolute atomic E-state index is 13.3. The number of aliphatic hydroxyl groups is 1. The fraction of sp³-hybridized carbons (Fsp3) is 0.611. The molecule has 0 aromatic heterocycles. The Morgan fingerprint density at radius 1 is 0.704 bits per heavy atom. The topological polar surface area (TPSA) is 211 Å². The molecule has 0 unspecified atom stereocenters. The van der Waals surface area contributed by atoms with Gasteiger partial charge in [-0.2, -0.15) is 0 Å². The maximum Gasteiger partial charge on any atom is 0.359 e. The Balaban J connectivity index is 0.000000291. The monoisotopic (exact) mass is 797 g/mol. The molecule has 2 aliphatic heterocycles. The third kappa shape index (κ3) is 13.9. The minimum atomic E-state index is -3.63. The molecule has 4 rings (SSSR count). The first-order valence-corrected chi connectivity index (χ1v) is 21.1. The van der Waals surface area contributed by atoms with Crippen LogP contribution in [-0.2, 0) is 46.2 Å². The first-order valence-electron chi connectivity index (χ1n) is 17.9. The van der Waals surface area contributed by atoms with Crippen LogP contribution in [-0.4, -0.2) is 90.7 Å². The Bertz CT molecular complexity index is 1600. The summed E-state index contributed by atoms with van der Waals surface area (Å²) in [5.74, 6) is -2.84. The number of nitrogens with zero attached hydrogens (tertiary/aromatic N) is 3. The van der Waals surface area contributed by atoms with Crippen molar-refractivity contribution in [3.63, 3.8) is 0 Å². The molecule has 2 fully saturated rings. The first kappa shape index (κ1) is 45.3. The fourth-order valence-electron chi connectivity index (χ4n) is 5.44. The van der Waals surface area contributed by atoms with Crippen LogP contribution in [0.5, 0.6) is 0 Å². The van der Waals surface area contributed by atoms with Gasteiger partial charge in [0.1, 0.15) is 25.4 Å². The number of hydrogen-bond acceptors (Lipinski definition) is 14. The first-order chi connectivity index (χ1) is 25.5. The van der Waals surface area contributed by atoms with Gasteiger partial charge >= 0.3 is 27.1 Å². The highest BCUT2D eigenvalue weighted by Gasteiger charge is 2.49. The molecule has 54 heavy (non-hydrogen) atoms. The van der Waals surface area contributed by atoms with Crippen molar-refractivity contribution >= 4 is 27.1 Å². The molecule has 0 bridgehead atoms. The van der Waals surface area contributed by atoms with Gasteiger partial charge in [0.2, 0.25) is 0 Å². The number of rotatable bonds is 17. The molecule has 0 amide bonds. The molecule has 0 saturated carbocycles. The van der Waals surface area contributed by atoms with E-state index in [-0.39, 0.29) is 50.5 Å². The minimum Gasteiger partial charge on any atom is -0.459 e. The standard InChI is InChI=1S/C18H26N3O6P.C18H27O7P/c1-12(2)26-28(23,27-13(3)4)17-10-15(20-21-19)16(25-17)11-24-18(22)14-8-6-5-7-9-14;1-12(2)24-26(21,25-13(3)4)17-10-15(19)16(23-17)11-22-18(20)14-8-6-5-7-9-14/h5-9,12-13,15-17H,10-11H2,1-4H3;5-9,12-13,15-17,19H,10-11H2,1-4H3/t15-,16-,17+;15-,16+,17-/m10/s1. The highest BCUT2D eigenvalue weighted by molar-refractivity contribution is 7.54. The summed E-state index contributed by atoms with van der Waals surface area (Å²) in [6.07, 6.45) is -3.56. The third-order valence-corrected chi connectivity index (χ3v) is 12.5. The molecule has 18 heteroatoms. The molecule has 16 nitrogen and oxygen atoms in total. The second-order valence-corrected chi connectivity index (χ2v) is 17.8. The van der Waals surface area contributed by atoms with Gasteiger partial charge in [-0.3, -0.25) is 9.13 Å². The molecule has 2 aliphatic rings. The van der Waals surface area contributed by atoms with Crippen molar-refractivity contribution in [2.75, 3.05) is 13.2 Å². The molecule has 6 atom stereocenters. The Kier molecular flexibility index (Phi) is 17.8. The van der Waals surface area contributed by atoms with E-state index in [1.807, 2.05) is 0 Å². The van der Waals surface area contributed by atoms with Gasteiger partial charge in [-0.05, 0) is 91.6 Å². The van der Waals surface area contributed by atoms with Crippen LogP contribution < -0.4 is 0 Å². The van der Waals surface area contributed by atoms with Crippen LogP contribution in [0.25, 0.3) is 10.4 Å². The van der Waals surface area contributed by atoms with Crippen molar-refractivity contribution in [2.24, 2.45) is 5.11 Å². The van der Waals surface area contributed by atoms with Gasteiger partial charge in [0.15, 0.2) is 11.7 Å². The zero-order valence-corrected chi connectivity index (χ0v) is 33.7. The number of ether oxygens (including phenoxy) is 4. The average Bonchev–Trinajstić information content (AvgIpc) is 3.69. The highest BCUT2D eigenvalue weighted by Crippen LogP contribution is 2.60. The summed E-state index contributed by atoms with van der Waals surface area (Å²) in [5.41, 5.74) is 9.65. The Morgan fingerprint density at radius 3 is 1.46 bits per heavy atom. The number of carbonyl (C=O) groups is 2. The Morgan fingerprint density at radius 2 is 1.07 bits per heavy atom. The van der Waals surface area contributed by atoms with Crippen LogP contribution in [0, 0.1) is 0 Å². The van der Waals surface area contributed by atoms with Crippen molar-refractivity contribution in [3.8, 4) is 0 Å². The van der Waals surface area contributed by atoms with Gasteiger partial charge < -0.3 is 42.1 Å². The van der Waals surface area contributed by atoms with Crippen molar-refractivity contribution in [3.05, 3.63) is 82.2 Å². The molecular formula is C36H53N3O13P2. The van der Waals surface area contributed by atoms with Crippen LogP contribution in [0.2, 0.25) is 0 Å². The third-order valence-electron chi connectivity index (χ3n) is 7.52. The van der Waals surface area contributed by atoms with Crippen LogP contribution in [0.15, 0.2) is 65.8 Å². The summed E-state index contributed by atoms with van der Waals surface area (Å²) in [4.78, 5) is 27.0. The second kappa shape index (κ2) is 21.2. The number of hydrogen-bond donors (Lipinski definition) is 1. The van der Waals surface area contributed by atoms with Gasteiger partial charge in [-0.15, -0.1) is 0 Å². The van der Waals surface area contributed by atoms with Crippen LogP contribution in [0.3, 0.4) is 0 Å². The lowest BCUT2D eigenvalue weighted by molar-refractivity contribution is -0.0267. The summed E-state index contributed by atoms with van der Waals surface area (Å²) < 4.78 is 70.6. The van der Waals surface area contributed by atoms with E-state index in [9.17, 15) is 23.8 Å². The zero-order valence-electron chi connectivity index (χ0n) is 32.0. The van der Waals surface area contributed by atoms with Crippen LogP contribution in [0.4, 0.5) is 0 Å². The summed E-state index contributed by atoms with van der Waals surface area (Å²) >= 11 is 0. The fourth-order valence-corrected chi connectivity index (χ4v) is 9.99. The van der Waals surface area contributed by atoms with Gasteiger partial charge in [0.05, 0.1) is 47.7 Å². The summed E-state index contributed by atoms with van der Waals surface area (Å²) in [7, 11) is -7.21. The predicted molar refractivity (Wildman–Crippen MR) is 199 cm³/mol. The van der Waals surface area contributed by atoms with Crippen molar-refractivity contribution < 1.29 is 60.9 Å². The van der Waals surface area contributed by atoms with Gasteiger partial charge in [-0.1, -0.05) is 41.5 Å². The van der Waals surface area contributed by atoms with E-state index >= 15 is 0 Å². The molecule has 2 aromatic rings. The lowest BCUT2D eigenvalue weighted by atomic mass is 10.1. The van der Waals surface area contributed by atoms with Gasteiger partial charge in [-0.25, -0.2) is 9.59 Å². The van der Waals surface area contributed by atoms with E-state index < -0.39 is 63.2 Å². The van der Waals surface area contributed by atoms with Crippen molar-refractivity contribution in [1.29, 1.82) is 0 Å². The maximum atomic E-state index is 13.3. The van der Waals surface area contributed by atoms with E-state index in [4.69, 9.17) is 42.6 Å². The number of esters is 2. The lowest BCUT2D eigenvalue weighted by Crippen LogP contribution is -2.28. The van der Waals surface area contributed by atoms with Gasteiger partial charge in [0, 0.05) is 11.3 Å². The van der Waals surface area contributed by atoms with E-state index in [0.717, 1.165) is 0 Å². The number of azide groups is 1. The summed E-state index contributed by atoms with van der Waals surface area (Å²) in [5, 5.41) is 13.9.